The fourth-order valence-corrected chi connectivity index (χ4v) is 2.10. The van der Waals surface area contributed by atoms with E-state index in [0.717, 1.165) is 12.4 Å². The summed E-state index contributed by atoms with van der Waals surface area (Å²) in [6, 6.07) is 8.28. The Morgan fingerprint density at radius 2 is 1.37 bits per heavy atom. The zero-order chi connectivity index (χ0) is 20.0. The minimum atomic E-state index is -1.28. The molecule has 0 aliphatic carbocycles. The van der Waals surface area contributed by atoms with Gasteiger partial charge in [0.2, 0.25) is 5.11 Å². The van der Waals surface area contributed by atoms with Gasteiger partial charge in [-0.15, -0.1) is 0 Å². The molecule has 0 amide bonds. The van der Waals surface area contributed by atoms with Crippen molar-refractivity contribution in [2.24, 2.45) is 10.1 Å². The van der Waals surface area contributed by atoms with E-state index >= 15 is 0 Å². The predicted molar refractivity (Wildman–Crippen MR) is 101 cm³/mol. The number of rotatable bonds is 5. The second-order valence-electron chi connectivity index (χ2n) is 5.03. The van der Waals surface area contributed by atoms with Crippen LogP contribution in [0.2, 0.25) is 0 Å². The lowest BCUT2D eigenvalue weighted by Crippen LogP contribution is -2.13. The summed E-state index contributed by atoms with van der Waals surface area (Å²) in [4.78, 5) is 25.7. The maximum Gasteiger partial charge on any atom is 0.339 e. The largest absolute Gasteiger partial charge is 0.506 e. The van der Waals surface area contributed by atoms with Crippen molar-refractivity contribution in [1.82, 2.24) is 5.43 Å². The topological polar surface area (TPSA) is 152 Å². The van der Waals surface area contributed by atoms with Crippen LogP contribution in [0, 0.1) is 0 Å². The van der Waals surface area contributed by atoms with Crippen LogP contribution in [0.5, 0.6) is 11.5 Å². The summed E-state index contributed by atoms with van der Waals surface area (Å²) >= 11 is 4.92. The highest BCUT2D eigenvalue weighted by Gasteiger charge is 2.12. The Bertz CT molecular complexity index is 971. The quantitative estimate of drug-likeness (QED) is 0.296. The fourth-order valence-electron chi connectivity index (χ4n) is 1.99. The Hall–Kier alpha value is -3.79. The van der Waals surface area contributed by atoms with Crippen LogP contribution in [0.3, 0.4) is 0 Å². The number of nitrogens with zero attached hydrogens (tertiary/aromatic N) is 2. The number of carboxylic acids is 2. The van der Waals surface area contributed by atoms with Gasteiger partial charge in [0.15, 0.2) is 0 Å². The number of carboxylic acid groups (broad SMARTS) is 2. The number of para-hydroxylation sites is 2. The number of hydrogen-bond acceptors (Lipinski definition) is 6. The summed E-state index contributed by atoms with van der Waals surface area (Å²) in [5.74, 6) is -3.45. The maximum absolute atomic E-state index is 11.0. The lowest BCUT2D eigenvalue weighted by atomic mass is 10.1. The average molecular weight is 387 g/mol. The Balaban J connectivity index is 2.07. The van der Waals surface area contributed by atoms with Crippen molar-refractivity contribution in [3.8, 4) is 11.5 Å². The number of phenols is 2. The molecule has 0 spiro atoms. The minimum absolute atomic E-state index is 0.111. The number of thiocarbonyl (C=S) groups is 1. The van der Waals surface area contributed by atoms with E-state index < -0.39 is 23.4 Å². The van der Waals surface area contributed by atoms with Gasteiger partial charge in [0.25, 0.3) is 0 Å². The normalized spacial score (nSPS) is 11.0. The summed E-state index contributed by atoms with van der Waals surface area (Å²) < 4.78 is 0. The van der Waals surface area contributed by atoms with Crippen LogP contribution < -0.4 is 5.43 Å². The van der Waals surface area contributed by atoms with Gasteiger partial charge in [-0.25, -0.2) is 14.6 Å². The van der Waals surface area contributed by atoms with Crippen LogP contribution in [0.1, 0.15) is 31.8 Å². The summed E-state index contributed by atoms with van der Waals surface area (Å²) in [7, 11) is 0. The van der Waals surface area contributed by atoms with E-state index in [2.05, 4.69) is 15.5 Å². The molecule has 2 aromatic carbocycles. The lowest BCUT2D eigenvalue weighted by Gasteiger charge is -2.03. The number of aromatic carboxylic acids is 2. The highest BCUT2D eigenvalue weighted by Crippen LogP contribution is 2.21. The third-order valence-corrected chi connectivity index (χ3v) is 3.48. The van der Waals surface area contributed by atoms with E-state index in [-0.39, 0.29) is 27.4 Å². The molecule has 0 aliphatic rings. The number of carbonyl (C=O) groups is 2. The smallest absolute Gasteiger partial charge is 0.339 e. The first-order chi connectivity index (χ1) is 12.8. The van der Waals surface area contributed by atoms with Crippen molar-refractivity contribution in [2.75, 3.05) is 0 Å². The molecule has 27 heavy (non-hydrogen) atoms. The zero-order valence-electron chi connectivity index (χ0n) is 13.5. The van der Waals surface area contributed by atoms with Crippen molar-refractivity contribution in [2.45, 2.75) is 0 Å². The number of hydrazone groups is 1. The van der Waals surface area contributed by atoms with Crippen LogP contribution >= 0.6 is 12.2 Å². The second-order valence-corrected chi connectivity index (χ2v) is 5.42. The third kappa shape index (κ3) is 4.86. The predicted octanol–water partition coefficient (Wildman–Crippen LogP) is 1.82. The molecular weight excluding hydrogens is 374 g/mol. The van der Waals surface area contributed by atoms with Crippen molar-refractivity contribution in [3.05, 3.63) is 58.7 Å². The first-order valence-electron chi connectivity index (χ1n) is 7.29. The van der Waals surface area contributed by atoms with Crippen LogP contribution in [0.25, 0.3) is 0 Å². The van der Waals surface area contributed by atoms with E-state index in [1.807, 2.05) is 0 Å². The molecule has 2 aromatic rings. The average Bonchev–Trinajstić information content (AvgIpc) is 2.61. The molecule has 0 aliphatic heterocycles. The molecule has 10 heteroatoms. The van der Waals surface area contributed by atoms with Crippen molar-refractivity contribution >= 4 is 41.7 Å². The van der Waals surface area contributed by atoms with Gasteiger partial charge in [-0.2, -0.15) is 5.10 Å². The first kappa shape index (κ1) is 19.5. The van der Waals surface area contributed by atoms with Crippen LogP contribution in [0.15, 0.2) is 46.5 Å². The Labute approximate surface area is 157 Å². The van der Waals surface area contributed by atoms with Gasteiger partial charge in [-0.05, 0) is 36.5 Å². The van der Waals surface area contributed by atoms with Crippen molar-refractivity contribution in [3.63, 3.8) is 0 Å². The van der Waals surface area contributed by atoms with E-state index in [4.69, 9.17) is 22.4 Å². The lowest BCUT2D eigenvalue weighted by molar-refractivity contribution is 0.0682. The Kier molecular flexibility index (Phi) is 6.18. The van der Waals surface area contributed by atoms with Gasteiger partial charge in [0, 0.05) is 17.3 Å². The van der Waals surface area contributed by atoms with E-state index in [0.29, 0.717) is 0 Å². The van der Waals surface area contributed by atoms with Gasteiger partial charge in [-0.3, -0.25) is 5.43 Å². The molecule has 0 bridgehead atoms. The van der Waals surface area contributed by atoms with Gasteiger partial charge >= 0.3 is 11.9 Å². The molecule has 0 saturated carbocycles. The molecule has 0 unspecified atom stereocenters. The molecule has 0 heterocycles. The molecule has 0 saturated heterocycles. The summed E-state index contributed by atoms with van der Waals surface area (Å²) in [5, 5.41) is 41.2. The monoisotopic (exact) mass is 387 g/mol. The van der Waals surface area contributed by atoms with Gasteiger partial charge in [0.1, 0.15) is 22.6 Å². The maximum atomic E-state index is 11.0. The summed E-state index contributed by atoms with van der Waals surface area (Å²) in [6.45, 7) is 0. The molecular formula is C17H13N3O6S. The molecule has 0 aromatic heterocycles. The molecule has 0 atom stereocenters. The highest BCUT2D eigenvalue weighted by molar-refractivity contribution is 7.80. The third-order valence-electron chi connectivity index (χ3n) is 3.28. The van der Waals surface area contributed by atoms with Crippen LogP contribution in [0.4, 0.5) is 0 Å². The fraction of sp³-hybridized carbons (Fsp3) is 0. The zero-order valence-corrected chi connectivity index (χ0v) is 14.3. The molecule has 5 N–H and O–H groups in total. The number of hydrogen-bond donors (Lipinski definition) is 5. The van der Waals surface area contributed by atoms with E-state index in [1.54, 1.807) is 0 Å². The highest BCUT2D eigenvalue weighted by atomic mass is 32.1. The SMILES string of the molecule is O=C(O)c1cccc(/C=N/NC(=S)/N=C/c2cccc(C(=O)O)c2O)c1O. The second kappa shape index (κ2) is 8.54. The summed E-state index contributed by atoms with van der Waals surface area (Å²) in [6.07, 6.45) is 2.32. The Morgan fingerprint density at radius 1 is 0.889 bits per heavy atom. The van der Waals surface area contributed by atoms with Gasteiger partial charge < -0.3 is 20.4 Å². The first-order valence-corrected chi connectivity index (χ1v) is 7.69. The molecule has 2 rings (SSSR count). The van der Waals surface area contributed by atoms with Gasteiger partial charge in [0.05, 0.1) is 6.21 Å². The van der Waals surface area contributed by atoms with Crippen LogP contribution in [-0.2, 0) is 0 Å². The minimum Gasteiger partial charge on any atom is -0.506 e. The van der Waals surface area contributed by atoms with Crippen LogP contribution in [-0.4, -0.2) is 49.9 Å². The molecule has 138 valence electrons. The number of benzene rings is 2. The number of aliphatic imine (C=N–C) groups is 1. The standard InChI is InChI=1S/C17H13N3O6S/c21-13-9(3-1-5-11(13)15(23)24)7-18-17(27)20-19-8-10-4-2-6-12(14(10)22)16(25)26/h1-8,21-22H,(H,20,27)(H,23,24)(H,25,26)/b18-7+,19-8+. The molecule has 0 fully saturated rings. The molecule has 9 nitrogen and oxygen atoms in total. The van der Waals surface area contributed by atoms with E-state index in [9.17, 15) is 19.8 Å². The number of aromatic hydroxyl groups is 2. The van der Waals surface area contributed by atoms with E-state index in [1.165, 1.54) is 36.4 Å². The Morgan fingerprint density at radius 3 is 1.85 bits per heavy atom. The van der Waals surface area contributed by atoms with Crippen molar-refractivity contribution < 1.29 is 30.0 Å². The number of nitrogens with one attached hydrogen (secondary N) is 1. The summed E-state index contributed by atoms with van der Waals surface area (Å²) in [5.41, 5.74) is 2.14. The molecule has 0 radical (unpaired) electrons. The van der Waals surface area contributed by atoms with Gasteiger partial charge in [-0.1, -0.05) is 12.1 Å². The van der Waals surface area contributed by atoms with Crippen molar-refractivity contribution in [1.29, 1.82) is 0 Å².